The smallest absolute Gasteiger partial charge is 0.270 e. The SMILES string of the molecule is CCN(C[C@H]1CCOC1)C(=O)c1cc(-c2csc(C)n2)c[nH]1. The van der Waals surface area contributed by atoms with Gasteiger partial charge < -0.3 is 14.6 Å². The predicted octanol–water partition coefficient (Wildman–Crippen LogP) is 2.95. The topological polar surface area (TPSA) is 58.2 Å². The summed E-state index contributed by atoms with van der Waals surface area (Å²) in [5.74, 6) is 0.507. The number of H-pyrrole nitrogens is 1. The van der Waals surface area contributed by atoms with E-state index < -0.39 is 0 Å². The third kappa shape index (κ3) is 3.23. The van der Waals surface area contributed by atoms with E-state index in [1.807, 2.05) is 36.4 Å². The number of aryl methyl sites for hydroxylation is 1. The van der Waals surface area contributed by atoms with Gasteiger partial charge in [-0.25, -0.2) is 4.98 Å². The fourth-order valence-electron chi connectivity index (χ4n) is 2.73. The summed E-state index contributed by atoms with van der Waals surface area (Å²) in [7, 11) is 0. The Balaban J connectivity index is 1.71. The molecule has 1 fully saturated rings. The van der Waals surface area contributed by atoms with Gasteiger partial charge in [0, 0.05) is 42.8 Å². The second kappa shape index (κ2) is 6.62. The van der Waals surface area contributed by atoms with Crippen LogP contribution in [0.25, 0.3) is 11.3 Å². The van der Waals surface area contributed by atoms with Gasteiger partial charge >= 0.3 is 0 Å². The maximum atomic E-state index is 12.6. The van der Waals surface area contributed by atoms with Crippen LogP contribution in [0.4, 0.5) is 0 Å². The summed E-state index contributed by atoms with van der Waals surface area (Å²) in [5, 5.41) is 3.04. The van der Waals surface area contributed by atoms with Crippen LogP contribution in [0.5, 0.6) is 0 Å². The molecule has 0 aromatic carbocycles. The molecule has 0 bridgehead atoms. The van der Waals surface area contributed by atoms with Gasteiger partial charge in [0.25, 0.3) is 5.91 Å². The van der Waals surface area contributed by atoms with Gasteiger partial charge in [-0.2, -0.15) is 0 Å². The van der Waals surface area contributed by atoms with Gasteiger partial charge in [0.15, 0.2) is 0 Å². The van der Waals surface area contributed by atoms with Gasteiger partial charge in [-0.1, -0.05) is 0 Å². The highest BCUT2D eigenvalue weighted by molar-refractivity contribution is 7.09. The number of amides is 1. The van der Waals surface area contributed by atoms with Gasteiger partial charge in [-0.3, -0.25) is 4.79 Å². The Hall–Kier alpha value is -1.66. The van der Waals surface area contributed by atoms with Crippen LogP contribution in [0, 0.1) is 12.8 Å². The largest absolute Gasteiger partial charge is 0.381 e. The fourth-order valence-corrected chi connectivity index (χ4v) is 3.35. The second-order valence-electron chi connectivity index (χ2n) is 5.63. The van der Waals surface area contributed by atoms with E-state index in [1.165, 1.54) is 0 Å². The average molecular weight is 319 g/mol. The Kier molecular flexibility index (Phi) is 4.59. The van der Waals surface area contributed by atoms with Crippen molar-refractivity contribution in [2.45, 2.75) is 20.3 Å². The first-order chi connectivity index (χ1) is 10.7. The third-order valence-corrected chi connectivity index (χ3v) is 4.77. The highest BCUT2D eigenvalue weighted by Gasteiger charge is 2.23. The number of nitrogens with zero attached hydrogens (tertiary/aromatic N) is 2. The predicted molar refractivity (Wildman–Crippen MR) is 87.1 cm³/mol. The lowest BCUT2D eigenvalue weighted by molar-refractivity contribution is 0.0725. The molecular formula is C16H21N3O2S. The third-order valence-electron chi connectivity index (χ3n) is 4.00. The van der Waals surface area contributed by atoms with Crippen LogP contribution in [0.3, 0.4) is 0 Å². The number of aromatic amines is 1. The van der Waals surface area contributed by atoms with Crippen molar-refractivity contribution in [1.29, 1.82) is 0 Å². The van der Waals surface area contributed by atoms with E-state index in [1.54, 1.807) is 11.3 Å². The molecule has 118 valence electrons. The fraction of sp³-hybridized carbons (Fsp3) is 0.500. The van der Waals surface area contributed by atoms with Crippen molar-refractivity contribution in [1.82, 2.24) is 14.9 Å². The Morgan fingerprint density at radius 1 is 1.59 bits per heavy atom. The van der Waals surface area contributed by atoms with E-state index in [0.717, 1.165) is 42.4 Å². The monoisotopic (exact) mass is 319 g/mol. The number of carbonyl (C=O) groups excluding carboxylic acids is 1. The van der Waals surface area contributed by atoms with Crippen molar-refractivity contribution >= 4 is 17.2 Å². The van der Waals surface area contributed by atoms with E-state index in [0.29, 0.717) is 18.2 Å². The van der Waals surface area contributed by atoms with Gasteiger partial charge in [-0.15, -0.1) is 11.3 Å². The van der Waals surface area contributed by atoms with Crippen LogP contribution in [-0.2, 0) is 4.74 Å². The first kappa shape index (κ1) is 15.2. The van der Waals surface area contributed by atoms with Crippen LogP contribution < -0.4 is 0 Å². The lowest BCUT2D eigenvalue weighted by Gasteiger charge is -2.23. The number of aromatic nitrogens is 2. The summed E-state index contributed by atoms with van der Waals surface area (Å²) >= 11 is 1.61. The Bertz CT molecular complexity index is 643. The Labute approximate surface area is 134 Å². The number of hydrogen-bond donors (Lipinski definition) is 1. The minimum Gasteiger partial charge on any atom is -0.381 e. The molecule has 0 spiro atoms. The van der Waals surface area contributed by atoms with Crippen LogP contribution in [0.2, 0.25) is 0 Å². The van der Waals surface area contributed by atoms with Crippen molar-refractivity contribution in [3.8, 4) is 11.3 Å². The molecular weight excluding hydrogens is 298 g/mol. The molecule has 1 atom stereocenters. The number of rotatable bonds is 5. The van der Waals surface area contributed by atoms with E-state index >= 15 is 0 Å². The zero-order valence-electron chi connectivity index (χ0n) is 13.0. The van der Waals surface area contributed by atoms with Crippen LogP contribution in [-0.4, -0.2) is 47.1 Å². The molecule has 3 heterocycles. The summed E-state index contributed by atoms with van der Waals surface area (Å²) in [6.45, 7) is 7.04. The van der Waals surface area contributed by atoms with Crippen molar-refractivity contribution < 1.29 is 9.53 Å². The van der Waals surface area contributed by atoms with Gasteiger partial charge in [0.2, 0.25) is 0 Å². The summed E-state index contributed by atoms with van der Waals surface area (Å²) in [6.07, 6.45) is 2.89. The average Bonchev–Trinajstić information content (AvgIpc) is 3.25. The van der Waals surface area contributed by atoms with Crippen molar-refractivity contribution in [2.24, 2.45) is 5.92 Å². The molecule has 1 N–H and O–H groups in total. The minimum atomic E-state index is 0.0487. The molecule has 0 aliphatic carbocycles. The first-order valence-electron chi connectivity index (χ1n) is 7.65. The van der Waals surface area contributed by atoms with Crippen LogP contribution in [0.1, 0.15) is 28.8 Å². The summed E-state index contributed by atoms with van der Waals surface area (Å²) in [5.41, 5.74) is 2.51. The number of ether oxygens (including phenoxy) is 1. The summed E-state index contributed by atoms with van der Waals surface area (Å²) < 4.78 is 5.40. The van der Waals surface area contributed by atoms with Crippen LogP contribution >= 0.6 is 11.3 Å². The molecule has 0 radical (unpaired) electrons. The van der Waals surface area contributed by atoms with E-state index in [4.69, 9.17) is 4.74 Å². The highest BCUT2D eigenvalue weighted by atomic mass is 32.1. The molecule has 3 rings (SSSR count). The van der Waals surface area contributed by atoms with Gasteiger partial charge in [-0.05, 0) is 26.3 Å². The number of nitrogens with one attached hydrogen (secondary N) is 1. The molecule has 6 heteroatoms. The minimum absolute atomic E-state index is 0.0487. The lowest BCUT2D eigenvalue weighted by Crippen LogP contribution is -2.35. The second-order valence-corrected chi connectivity index (χ2v) is 6.69. The first-order valence-corrected chi connectivity index (χ1v) is 8.53. The molecule has 22 heavy (non-hydrogen) atoms. The van der Waals surface area contributed by atoms with Gasteiger partial charge in [0.05, 0.1) is 17.3 Å². The zero-order valence-corrected chi connectivity index (χ0v) is 13.8. The summed E-state index contributed by atoms with van der Waals surface area (Å²) in [4.78, 5) is 22.1. The maximum Gasteiger partial charge on any atom is 0.270 e. The van der Waals surface area contributed by atoms with Gasteiger partial charge in [0.1, 0.15) is 5.69 Å². The van der Waals surface area contributed by atoms with Crippen molar-refractivity contribution in [3.05, 3.63) is 28.3 Å². The van der Waals surface area contributed by atoms with Crippen LogP contribution in [0.15, 0.2) is 17.6 Å². The highest BCUT2D eigenvalue weighted by Crippen LogP contribution is 2.23. The molecule has 1 amide bonds. The standard InChI is InChI=1S/C16H21N3O2S/c1-3-19(8-12-4-5-21-9-12)16(20)14-6-13(7-17-14)15-10-22-11(2)18-15/h6-7,10,12,17H,3-5,8-9H2,1-2H3/t12-/m1/s1. The molecule has 2 aromatic rings. The maximum absolute atomic E-state index is 12.6. The Morgan fingerprint density at radius 2 is 2.45 bits per heavy atom. The zero-order chi connectivity index (χ0) is 15.5. The molecule has 5 nitrogen and oxygen atoms in total. The van der Waals surface area contributed by atoms with Crippen molar-refractivity contribution in [2.75, 3.05) is 26.3 Å². The van der Waals surface area contributed by atoms with E-state index in [-0.39, 0.29) is 5.91 Å². The quantitative estimate of drug-likeness (QED) is 0.922. The molecule has 2 aromatic heterocycles. The molecule has 1 aliphatic rings. The molecule has 0 saturated carbocycles. The summed E-state index contributed by atoms with van der Waals surface area (Å²) in [6, 6.07) is 1.89. The number of hydrogen-bond acceptors (Lipinski definition) is 4. The molecule has 1 saturated heterocycles. The number of carbonyl (C=O) groups is 1. The van der Waals surface area contributed by atoms with E-state index in [2.05, 4.69) is 9.97 Å². The normalized spacial score (nSPS) is 17.8. The Morgan fingerprint density at radius 3 is 3.09 bits per heavy atom. The lowest BCUT2D eigenvalue weighted by atomic mass is 10.1. The van der Waals surface area contributed by atoms with E-state index in [9.17, 15) is 4.79 Å². The number of thiazole rings is 1. The van der Waals surface area contributed by atoms with Crippen molar-refractivity contribution in [3.63, 3.8) is 0 Å². The molecule has 1 aliphatic heterocycles. The molecule has 0 unspecified atom stereocenters.